The molecular weight excluding hydrogens is 358 g/mol. The maximum atomic E-state index is 12.3. The highest BCUT2D eigenvalue weighted by Gasteiger charge is 2.13. The first kappa shape index (κ1) is 17.1. The number of nitrogens with two attached hydrogens (primary N) is 1. The quantitative estimate of drug-likeness (QED) is 0.607. The Labute approximate surface area is 148 Å². The summed E-state index contributed by atoms with van der Waals surface area (Å²) in [7, 11) is -2.97. The summed E-state index contributed by atoms with van der Waals surface area (Å²) in [6.07, 6.45) is 1.24. The molecule has 4 N–H and O–H groups in total. The van der Waals surface area contributed by atoms with Gasteiger partial charge >= 0.3 is 0 Å². The molecule has 0 radical (unpaired) electrons. The highest BCUT2D eigenvalue weighted by atomic mass is 32.2. The second-order valence-corrected chi connectivity index (χ2v) is 8.39. The Morgan fingerprint density at radius 2 is 2.04 bits per heavy atom. The van der Waals surface area contributed by atoms with Crippen LogP contribution in [0.2, 0.25) is 0 Å². The van der Waals surface area contributed by atoms with Crippen LogP contribution in [0.3, 0.4) is 0 Å². The van der Waals surface area contributed by atoms with E-state index in [-0.39, 0.29) is 10.7 Å². The molecule has 0 spiro atoms. The van der Waals surface area contributed by atoms with Gasteiger partial charge in [-0.1, -0.05) is 12.1 Å². The fourth-order valence-corrected chi connectivity index (χ4v) is 3.34. The SMILES string of the molecule is CS(=N)(=O)c1ccc(C(=O)Nc2cc(-c3cccs3)ccc2N)nn1. The fourth-order valence-electron chi connectivity index (χ4n) is 2.10. The summed E-state index contributed by atoms with van der Waals surface area (Å²) >= 11 is 1.59. The van der Waals surface area contributed by atoms with Crippen LogP contribution in [0.15, 0.2) is 52.9 Å². The standard InChI is InChI=1S/C16H15N5O2S2/c1-25(18,23)15-7-6-12(20-21-15)16(22)19-13-9-10(4-5-11(13)17)14-3-2-8-24-14/h2-9,18H,17H2,1H3,(H,19,22). The Kier molecular flexibility index (Phi) is 4.51. The lowest BCUT2D eigenvalue weighted by atomic mass is 10.1. The van der Waals surface area contributed by atoms with Gasteiger partial charge in [-0.2, -0.15) is 0 Å². The number of thiophene rings is 1. The molecular formula is C16H15N5O2S2. The lowest BCUT2D eigenvalue weighted by Gasteiger charge is -2.09. The summed E-state index contributed by atoms with van der Waals surface area (Å²) in [6.45, 7) is 0. The van der Waals surface area contributed by atoms with Crippen molar-refractivity contribution < 1.29 is 9.00 Å². The van der Waals surface area contributed by atoms with Gasteiger partial charge in [0.05, 0.1) is 21.1 Å². The molecule has 0 saturated heterocycles. The zero-order valence-electron chi connectivity index (χ0n) is 13.2. The van der Waals surface area contributed by atoms with Crippen molar-refractivity contribution in [1.29, 1.82) is 4.78 Å². The van der Waals surface area contributed by atoms with Gasteiger partial charge in [-0.15, -0.1) is 21.5 Å². The van der Waals surface area contributed by atoms with Crippen molar-refractivity contribution in [2.24, 2.45) is 0 Å². The molecule has 3 rings (SSSR count). The zero-order valence-corrected chi connectivity index (χ0v) is 14.9. The van der Waals surface area contributed by atoms with Crippen molar-refractivity contribution in [2.45, 2.75) is 5.03 Å². The van der Waals surface area contributed by atoms with Crippen LogP contribution in [-0.2, 0) is 9.73 Å². The zero-order chi connectivity index (χ0) is 18.0. The fraction of sp³-hybridized carbons (Fsp3) is 0.0625. The van der Waals surface area contributed by atoms with Crippen LogP contribution >= 0.6 is 11.3 Å². The Morgan fingerprint density at radius 3 is 2.64 bits per heavy atom. The van der Waals surface area contributed by atoms with Gasteiger partial charge in [0.15, 0.2) is 10.7 Å². The smallest absolute Gasteiger partial charge is 0.276 e. The number of nitrogen functional groups attached to an aromatic ring is 1. The Bertz CT molecular complexity index is 1010. The largest absolute Gasteiger partial charge is 0.397 e. The van der Waals surface area contributed by atoms with Gasteiger partial charge in [0.1, 0.15) is 0 Å². The van der Waals surface area contributed by atoms with E-state index >= 15 is 0 Å². The predicted octanol–water partition coefficient (Wildman–Crippen LogP) is 3.08. The van der Waals surface area contributed by atoms with E-state index in [1.165, 1.54) is 18.4 Å². The summed E-state index contributed by atoms with van der Waals surface area (Å²) in [5, 5.41) is 12.1. The molecule has 1 atom stereocenters. The molecule has 1 amide bonds. The second kappa shape index (κ2) is 6.61. The second-order valence-electron chi connectivity index (χ2n) is 5.33. The van der Waals surface area contributed by atoms with E-state index in [4.69, 9.17) is 10.5 Å². The van der Waals surface area contributed by atoms with E-state index in [0.717, 1.165) is 10.4 Å². The average Bonchev–Trinajstić information content (AvgIpc) is 3.10. The minimum atomic E-state index is -2.97. The van der Waals surface area contributed by atoms with Crippen LogP contribution in [0, 0.1) is 4.78 Å². The average molecular weight is 373 g/mol. The van der Waals surface area contributed by atoms with Crippen LogP contribution in [0.4, 0.5) is 11.4 Å². The van der Waals surface area contributed by atoms with Crippen molar-refractivity contribution in [2.75, 3.05) is 17.3 Å². The Hall–Kier alpha value is -2.78. The Morgan fingerprint density at radius 1 is 1.24 bits per heavy atom. The van der Waals surface area contributed by atoms with Crippen molar-refractivity contribution in [1.82, 2.24) is 10.2 Å². The number of rotatable bonds is 4. The summed E-state index contributed by atoms with van der Waals surface area (Å²) in [5.41, 5.74) is 7.84. The van der Waals surface area contributed by atoms with Crippen LogP contribution in [0.5, 0.6) is 0 Å². The molecule has 1 aromatic carbocycles. The lowest BCUT2D eigenvalue weighted by molar-refractivity contribution is 0.102. The summed E-state index contributed by atoms with van der Waals surface area (Å²) in [5.74, 6) is -0.485. The number of amides is 1. The van der Waals surface area contributed by atoms with Crippen molar-refractivity contribution in [3.05, 3.63) is 53.5 Å². The minimum Gasteiger partial charge on any atom is -0.397 e. The molecule has 128 valence electrons. The van der Waals surface area contributed by atoms with Crippen LogP contribution in [0.25, 0.3) is 10.4 Å². The molecule has 0 bridgehead atoms. The summed E-state index contributed by atoms with van der Waals surface area (Å²) in [6, 6.07) is 12.1. The number of benzene rings is 1. The van der Waals surface area contributed by atoms with Gasteiger partial charge in [-0.3, -0.25) is 4.79 Å². The van der Waals surface area contributed by atoms with E-state index in [1.54, 1.807) is 23.5 Å². The number of hydrogen-bond donors (Lipinski definition) is 3. The molecule has 0 saturated carbocycles. The van der Waals surface area contributed by atoms with Crippen molar-refractivity contribution >= 4 is 38.3 Å². The van der Waals surface area contributed by atoms with Crippen molar-refractivity contribution in [3.8, 4) is 10.4 Å². The molecule has 0 fully saturated rings. The number of carbonyl (C=O) groups excluding carboxylic acids is 1. The summed E-state index contributed by atoms with van der Waals surface area (Å²) in [4.78, 5) is 13.4. The highest BCUT2D eigenvalue weighted by Crippen LogP contribution is 2.30. The molecule has 2 aromatic heterocycles. The maximum absolute atomic E-state index is 12.3. The van der Waals surface area contributed by atoms with Gasteiger partial charge in [-0.05, 0) is 41.3 Å². The van der Waals surface area contributed by atoms with Gasteiger partial charge in [0.25, 0.3) is 5.91 Å². The third kappa shape index (κ3) is 3.83. The van der Waals surface area contributed by atoms with Crippen LogP contribution < -0.4 is 11.1 Å². The highest BCUT2D eigenvalue weighted by molar-refractivity contribution is 7.91. The maximum Gasteiger partial charge on any atom is 0.276 e. The molecule has 0 aliphatic heterocycles. The number of hydrogen-bond acceptors (Lipinski definition) is 7. The first-order chi connectivity index (χ1) is 11.8. The molecule has 0 aliphatic rings. The van der Waals surface area contributed by atoms with E-state index in [0.29, 0.717) is 11.4 Å². The number of carbonyl (C=O) groups is 1. The summed E-state index contributed by atoms with van der Waals surface area (Å²) < 4.78 is 19.1. The molecule has 2 heterocycles. The van der Waals surface area contributed by atoms with E-state index in [9.17, 15) is 9.00 Å². The van der Waals surface area contributed by atoms with E-state index < -0.39 is 15.6 Å². The number of aromatic nitrogens is 2. The molecule has 3 aromatic rings. The first-order valence-electron chi connectivity index (χ1n) is 7.17. The molecule has 1 unspecified atom stereocenters. The van der Waals surface area contributed by atoms with E-state index in [2.05, 4.69) is 15.5 Å². The van der Waals surface area contributed by atoms with Gasteiger partial charge in [-0.25, -0.2) is 8.99 Å². The van der Waals surface area contributed by atoms with Gasteiger partial charge in [0.2, 0.25) is 0 Å². The molecule has 7 nitrogen and oxygen atoms in total. The topological polar surface area (TPSA) is 122 Å². The number of anilines is 2. The van der Waals surface area contributed by atoms with Gasteiger partial charge < -0.3 is 11.1 Å². The Balaban J connectivity index is 1.84. The minimum absolute atomic E-state index is 0.0308. The van der Waals surface area contributed by atoms with Crippen LogP contribution in [-0.4, -0.2) is 26.6 Å². The van der Waals surface area contributed by atoms with Crippen molar-refractivity contribution in [3.63, 3.8) is 0 Å². The lowest BCUT2D eigenvalue weighted by Crippen LogP contribution is -2.16. The first-order valence-corrected chi connectivity index (χ1v) is 10.0. The van der Waals surface area contributed by atoms with Crippen LogP contribution in [0.1, 0.15) is 10.5 Å². The third-order valence-electron chi connectivity index (χ3n) is 3.38. The predicted molar refractivity (Wildman–Crippen MR) is 99.2 cm³/mol. The van der Waals surface area contributed by atoms with Gasteiger partial charge in [0, 0.05) is 11.1 Å². The molecule has 25 heavy (non-hydrogen) atoms. The number of nitrogens with one attached hydrogen (secondary N) is 2. The monoisotopic (exact) mass is 373 g/mol. The molecule has 0 aliphatic carbocycles. The van der Waals surface area contributed by atoms with E-state index in [1.807, 2.05) is 23.6 Å². The molecule has 9 heteroatoms. The third-order valence-corrected chi connectivity index (χ3v) is 5.31. The normalized spacial score (nSPS) is 13.2. The number of nitrogens with zero attached hydrogens (tertiary/aromatic N) is 2.